The third-order valence-corrected chi connectivity index (χ3v) is 3.48. The molecule has 0 atom stereocenters. The van der Waals surface area contributed by atoms with Crippen molar-refractivity contribution in [3.63, 3.8) is 0 Å². The van der Waals surface area contributed by atoms with Gasteiger partial charge in [-0.3, -0.25) is 0 Å². The summed E-state index contributed by atoms with van der Waals surface area (Å²) in [5.74, 6) is 1.61. The molecule has 0 saturated heterocycles. The number of hydrogen-bond acceptors (Lipinski definition) is 3. The molecule has 1 aliphatic rings. The molecule has 1 aromatic rings. The summed E-state index contributed by atoms with van der Waals surface area (Å²) in [7, 11) is 0. The van der Waals surface area contributed by atoms with Gasteiger partial charge in [0.2, 0.25) is 0 Å². The highest BCUT2D eigenvalue weighted by molar-refractivity contribution is 5.74. The van der Waals surface area contributed by atoms with Crippen LogP contribution in [0.2, 0.25) is 0 Å². The summed E-state index contributed by atoms with van der Waals surface area (Å²) >= 11 is 0. The summed E-state index contributed by atoms with van der Waals surface area (Å²) in [6.45, 7) is 3.55. The van der Waals surface area contributed by atoms with Crippen LogP contribution in [0.15, 0.2) is 24.3 Å². The van der Waals surface area contributed by atoms with Gasteiger partial charge in [0, 0.05) is 6.04 Å². The Bertz CT molecular complexity index is 428. The largest absolute Gasteiger partial charge is 0.494 e. The van der Waals surface area contributed by atoms with Crippen molar-refractivity contribution in [2.24, 2.45) is 0 Å². The summed E-state index contributed by atoms with van der Waals surface area (Å²) in [6, 6.07) is 7.72. The molecule has 0 aliphatic heterocycles. The van der Waals surface area contributed by atoms with E-state index >= 15 is 0 Å². The first kappa shape index (κ1) is 15.5. The molecule has 5 nitrogen and oxygen atoms in total. The van der Waals surface area contributed by atoms with E-state index in [0.717, 1.165) is 24.3 Å². The zero-order chi connectivity index (χ0) is 14.9. The van der Waals surface area contributed by atoms with Crippen molar-refractivity contribution in [2.75, 3.05) is 19.8 Å². The van der Waals surface area contributed by atoms with Crippen molar-refractivity contribution in [1.82, 2.24) is 10.6 Å². The Hall–Kier alpha value is -1.91. The first-order valence-electron chi connectivity index (χ1n) is 7.68. The summed E-state index contributed by atoms with van der Waals surface area (Å²) in [5, 5.41) is 5.79. The highest BCUT2D eigenvalue weighted by atomic mass is 16.5. The number of benzene rings is 1. The molecular formula is C16H24N2O3. The lowest BCUT2D eigenvalue weighted by Crippen LogP contribution is -2.42. The highest BCUT2D eigenvalue weighted by Crippen LogP contribution is 2.18. The average Bonchev–Trinajstić information content (AvgIpc) is 2.98. The highest BCUT2D eigenvalue weighted by Gasteiger charge is 2.16. The molecule has 1 saturated carbocycles. The normalized spacial score (nSPS) is 14.7. The molecule has 0 heterocycles. The predicted octanol–water partition coefficient (Wildman–Crippen LogP) is 2.71. The van der Waals surface area contributed by atoms with Crippen LogP contribution in [0.25, 0.3) is 0 Å². The van der Waals surface area contributed by atoms with Crippen molar-refractivity contribution in [3.8, 4) is 11.5 Å². The molecule has 21 heavy (non-hydrogen) atoms. The molecule has 116 valence electrons. The molecule has 5 heteroatoms. The van der Waals surface area contributed by atoms with Crippen LogP contribution in [0, 0.1) is 0 Å². The van der Waals surface area contributed by atoms with Crippen LogP contribution in [-0.4, -0.2) is 31.8 Å². The fourth-order valence-corrected chi connectivity index (χ4v) is 2.44. The zero-order valence-corrected chi connectivity index (χ0v) is 12.6. The number of urea groups is 1. The van der Waals surface area contributed by atoms with Crippen LogP contribution in [0.5, 0.6) is 11.5 Å². The smallest absolute Gasteiger partial charge is 0.315 e. The van der Waals surface area contributed by atoms with Crippen molar-refractivity contribution in [3.05, 3.63) is 24.3 Å². The van der Waals surface area contributed by atoms with Gasteiger partial charge in [-0.1, -0.05) is 12.8 Å². The fourth-order valence-electron chi connectivity index (χ4n) is 2.44. The van der Waals surface area contributed by atoms with E-state index < -0.39 is 0 Å². The molecule has 2 N–H and O–H groups in total. The molecule has 1 fully saturated rings. The van der Waals surface area contributed by atoms with E-state index in [1.165, 1.54) is 12.8 Å². The van der Waals surface area contributed by atoms with E-state index in [2.05, 4.69) is 10.6 Å². The molecular weight excluding hydrogens is 268 g/mol. The van der Waals surface area contributed by atoms with E-state index in [1.54, 1.807) is 0 Å². The fraction of sp³-hybridized carbons (Fsp3) is 0.562. The Morgan fingerprint density at radius 1 is 1.14 bits per heavy atom. The molecule has 1 aromatic carbocycles. The number of nitrogens with one attached hydrogen (secondary N) is 2. The van der Waals surface area contributed by atoms with E-state index in [4.69, 9.17) is 9.47 Å². The Kier molecular flexibility index (Phi) is 6.19. The van der Waals surface area contributed by atoms with Crippen molar-refractivity contribution < 1.29 is 14.3 Å². The first-order valence-corrected chi connectivity index (χ1v) is 7.68. The predicted molar refractivity (Wildman–Crippen MR) is 81.9 cm³/mol. The molecule has 1 aliphatic carbocycles. The summed E-state index contributed by atoms with van der Waals surface area (Å²) < 4.78 is 10.9. The van der Waals surface area contributed by atoms with Gasteiger partial charge in [0.25, 0.3) is 0 Å². The zero-order valence-electron chi connectivity index (χ0n) is 12.6. The van der Waals surface area contributed by atoms with Gasteiger partial charge < -0.3 is 20.1 Å². The first-order chi connectivity index (χ1) is 10.3. The number of ether oxygens (including phenoxy) is 2. The van der Waals surface area contributed by atoms with E-state index in [0.29, 0.717) is 25.8 Å². The van der Waals surface area contributed by atoms with Gasteiger partial charge in [-0.25, -0.2) is 4.79 Å². The molecule has 0 aromatic heterocycles. The second-order valence-electron chi connectivity index (χ2n) is 5.13. The van der Waals surface area contributed by atoms with Crippen molar-refractivity contribution >= 4 is 6.03 Å². The number of carbonyl (C=O) groups is 1. The second kappa shape index (κ2) is 8.39. The van der Waals surface area contributed by atoms with Gasteiger partial charge in [0.05, 0.1) is 13.2 Å². The lowest BCUT2D eigenvalue weighted by molar-refractivity contribution is 0.233. The van der Waals surface area contributed by atoms with Crippen molar-refractivity contribution in [1.29, 1.82) is 0 Å². The number of rotatable bonds is 7. The summed E-state index contributed by atoms with van der Waals surface area (Å²) in [4.78, 5) is 11.6. The summed E-state index contributed by atoms with van der Waals surface area (Å²) in [6.07, 6.45) is 4.61. The standard InChI is InChI=1S/C16H24N2O3/c1-2-20-14-7-9-15(10-8-14)21-12-11-17-16(19)18-13-5-3-4-6-13/h7-10,13H,2-6,11-12H2,1H3,(H2,17,18,19). The van der Waals surface area contributed by atoms with Gasteiger partial charge in [0.1, 0.15) is 18.1 Å². The number of hydrogen-bond donors (Lipinski definition) is 2. The third-order valence-electron chi connectivity index (χ3n) is 3.48. The molecule has 2 amide bonds. The van der Waals surface area contributed by atoms with E-state index in [-0.39, 0.29) is 6.03 Å². The van der Waals surface area contributed by atoms with Gasteiger partial charge in [-0.05, 0) is 44.0 Å². The van der Waals surface area contributed by atoms with Crippen LogP contribution >= 0.6 is 0 Å². The van der Waals surface area contributed by atoms with Gasteiger partial charge in [-0.2, -0.15) is 0 Å². The molecule has 0 bridgehead atoms. The Labute approximate surface area is 126 Å². The maximum atomic E-state index is 11.6. The minimum Gasteiger partial charge on any atom is -0.494 e. The lowest BCUT2D eigenvalue weighted by Gasteiger charge is -2.13. The quantitative estimate of drug-likeness (QED) is 0.760. The maximum absolute atomic E-state index is 11.6. The van der Waals surface area contributed by atoms with E-state index in [9.17, 15) is 4.79 Å². The van der Waals surface area contributed by atoms with Crippen LogP contribution in [0.3, 0.4) is 0 Å². The van der Waals surface area contributed by atoms with E-state index in [1.807, 2.05) is 31.2 Å². The van der Waals surface area contributed by atoms with Crippen LogP contribution in [0.4, 0.5) is 4.79 Å². The third kappa shape index (κ3) is 5.53. The topological polar surface area (TPSA) is 59.6 Å². The Morgan fingerprint density at radius 2 is 1.76 bits per heavy atom. The summed E-state index contributed by atoms with van der Waals surface area (Å²) in [5.41, 5.74) is 0. The number of carbonyl (C=O) groups excluding carboxylic acids is 1. The molecule has 0 spiro atoms. The van der Waals surface area contributed by atoms with Crippen LogP contribution < -0.4 is 20.1 Å². The van der Waals surface area contributed by atoms with Crippen LogP contribution in [0.1, 0.15) is 32.6 Å². The van der Waals surface area contributed by atoms with Crippen LogP contribution in [-0.2, 0) is 0 Å². The Balaban J connectivity index is 1.59. The second-order valence-corrected chi connectivity index (χ2v) is 5.13. The Morgan fingerprint density at radius 3 is 2.38 bits per heavy atom. The van der Waals surface area contributed by atoms with Gasteiger partial charge in [0.15, 0.2) is 0 Å². The lowest BCUT2D eigenvalue weighted by atomic mass is 10.2. The minimum atomic E-state index is -0.0998. The van der Waals surface area contributed by atoms with Gasteiger partial charge in [-0.15, -0.1) is 0 Å². The monoisotopic (exact) mass is 292 g/mol. The molecule has 0 unspecified atom stereocenters. The maximum Gasteiger partial charge on any atom is 0.315 e. The van der Waals surface area contributed by atoms with Crippen molar-refractivity contribution in [2.45, 2.75) is 38.6 Å². The number of amides is 2. The average molecular weight is 292 g/mol. The molecule has 2 rings (SSSR count). The molecule has 0 radical (unpaired) electrons. The minimum absolute atomic E-state index is 0.0998. The van der Waals surface area contributed by atoms with Gasteiger partial charge >= 0.3 is 6.03 Å². The SMILES string of the molecule is CCOc1ccc(OCCNC(=O)NC2CCCC2)cc1.